The average Bonchev–Trinajstić information content (AvgIpc) is 3.17. The molecule has 8 nitrogen and oxygen atoms in total. The minimum Gasteiger partial charge on any atom is -0.481 e. The summed E-state index contributed by atoms with van der Waals surface area (Å²) in [5.74, 6) is -2.62. The number of fused-ring (bicyclic) bond motifs is 1. The summed E-state index contributed by atoms with van der Waals surface area (Å²) < 4.78 is 4.69. The van der Waals surface area contributed by atoms with Crippen molar-refractivity contribution >= 4 is 75.6 Å². The fourth-order valence-electron chi connectivity index (χ4n) is 3.07. The molecule has 3 rings (SSSR count). The Labute approximate surface area is 184 Å². The lowest BCUT2D eigenvalue weighted by Gasteiger charge is -2.53. The third-order valence-corrected chi connectivity index (χ3v) is 7.47. The molecule has 2 saturated heterocycles. The third-order valence-electron chi connectivity index (χ3n) is 4.62. The molecule has 2 aliphatic rings. The number of carbonyl (C=O) groups excluding carboxylic acids is 3. The lowest BCUT2D eigenvalue weighted by atomic mass is 9.88. The zero-order valence-corrected chi connectivity index (χ0v) is 18.2. The normalized spacial score (nSPS) is 25.5. The van der Waals surface area contributed by atoms with Crippen molar-refractivity contribution in [3.05, 3.63) is 26.9 Å². The van der Waals surface area contributed by atoms with Crippen molar-refractivity contribution in [2.45, 2.75) is 18.3 Å². The Morgan fingerprint density at radius 1 is 1.41 bits per heavy atom. The summed E-state index contributed by atoms with van der Waals surface area (Å²) >= 11 is 14.2. The molecular formula is C17H16Cl2N2O6S2. The number of β-lactam (4-membered cyclic amide) rings is 1. The minimum absolute atomic E-state index is 0.0742. The Balaban J connectivity index is 1.70. The molecule has 0 radical (unpaired) electrons. The number of hydrogen-bond acceptors (Lipinski definition) is 7. The molecule has 29 heavy (non-hydrogen) atoms. The van der Waals surface area contributed by atoms with Crippen LogP contribution in [-0.2, 0) is 23.9 Å². The highest BCUT2D eigenvalue weighted by atomic mass is 35.5. The molecule has 2 N–H and O–H groups in total. The van der Waals surface area contributed by atoms with Crippen LogP contribution in [-0.4, -0.2) is 64.1 Å². The first-order valence-corrected chi connectivity index (χ1v) is 11.0. The van der Waals surface area contributed by atoms with E-state index < -0.39 is 40.6 Å². The fourth-order valence-corrected chi connectivity index (χ4v) is 5.85. The van der Waals surface area contributed by atoms with Crippen molar-refractivity contribution in [2.24, 2.45) is 5.41 Å². The number of carboxylic acids is 1. The van der Waals surface area contributed by atoms with Gasteiger partial charge in [0.25, 0.3) is 5.91 Å². The lowest BCUT2D eigenvalue weighted by molar-refractivity contribution is -0.164. The molecule has 156 valence electrons. The number of carbonyl (C=O) groups is 4. The van der Waals surface area contributed by atoms with E-state index in [-0.39, 0.29) is 29.0 Å². The van der Waals surface area contributed by atoms with E-state index in [1.165, 1.54) is 34.9 Å². The van der Waals surface area contributed by atoms with Gasteiger partial charge in [0.1, 0.15) is 27.9 Å². The summed E-state index contributed by atoms with van der Waals surface area (Å²) in [6.07, 6.45) is 0. The average molecular weight is 479 g/mol. The zero-order chi connectivity index (χ0) is 21.3. The molecule has 12 heteroatoms. The van der Waals surface area contributed by atoms with E-state index in [9.17, 15) is 24.3 Å². The van der Waals surface area contributed by atoms with Gasteiger partial charge in [-0.2, -0.15) is 0 Å². The van der Waals surface area contributed by atoms with Crippen LogP contribution in [0.2, 0.25) is 0 Å². The molecule has 1 aromatic heterocycles. The summed E-state index contributed by atoms with van der Waals surface area (Å²) in [7, 11) is 0. The van der Waals surface area contributed by atoms with Crippen LogP contribution in [0, 0.1) is 5.41 Å². The summed E-state index contributed by atoms with van der Waals surface area (Å²) in [5.41, 5.74) is -1.32. The first kappa shape index (κ1) is 21.9. The van der Waals surface area contributed by atoms with Gasteiger partial charge >= 0.3 is 11.9 Å². The van der Waals surface area contributed by atoms with Crippen molar-refractivity contribution in [1.29, 1.82) is 0 Å². The Morgan fingerprint density at radius 2 is 2.14 bits per heavy atom. The van der Waals surface area contributed by atoms with E-state index in [1.807, 2.05) is 0 Å². The fraction of sp³-hybridized carbons (Fsp3) is 0.412. The molecule has 2 aliphatic heterocycles. The first-order chi connectivity index (χ1) is 13.7. The molecular weight excluding hydrogens is 463 g/mol. The topological polar surface area (TPSA) is 113 Å². The molecule has 2 fully saturated rings. The van der Waals surface area contributed by atoms with Crippen LogP contribution < -0.4 is 5.32 Å². The van der Waals surface area contributed by atoms with Gasteiger partial charge in [0.05, 0.1) is 5.57 Å². The van der Waals surface area contributed by atoms with Crippen LogP contribution >= 0.6 is 46.3 Å². The number of carboxylic acid groups (broad SMARTS) is 1. The Bertz CT molecular complexity index is 886. The van der Waals surface area contributed by atoms with Crippen molar-refractivity contribution in [2.75, 3.05) is 18.9 Å². The highest BCUT2D eigenvalue weighted by Crippen LogP contribution is 2.42. The first-order valence-electron chi connectivity index (χ1n) is 8.35. The van der Waals surface area contributed by atoms with Crippen LogP contribution in [0.25, 0.3) is 5.57 Å². The Morgan fingerprint density at radius 3 is 2.69 bits per heavy atom. The minimum atomic E-state index is -1.39. The van der Waals surface area contributed by atoms with E-state index in [2.05, 4.69) is 5.32 Å². The number of rotatable bonds is 6. The van der Waals surface area contributed by atoms with Gasteiger partial charge in [0, 0.05) is 24.1 Å². The number of thiophene rings is 1. The van der Waals surface area contributed by atoms with Crippen LogP contribution in [0.1, 0.15) is 11.8 Å². The highest BCUT2D eigenvalue weighted by molar-refractivity contribution is 8.00. The van der Waals surface area contributed by atoms with Gasteiger partial charge in [-0.3, -0.25) is 19.2 Å². The number of aliphatic carboxylic acids is 1. The molecule has 2 unspecified atom stereocenters. The van der Waals surface area contributed by atoms with E-state index >= 15 is 0 Å². The van der Waals surface area contributed by atoms with Crippen LogP contribution in [0.3, 0.4) is 0 Å². The van der Waals surface area contributed by atoms with Crippen molar-refractivity contribution in [3.63, 3.8) is 0 Å². The van der Waals surface area contributed by atoms with Gasteiger partial charge < -0.3 is 20.1 Å². The Kier molecular flexibility index (Phi) is 6.47. The van der Waals surface area contributed by atoms with Crippen LogP contribution in [0.15, 0.2) is 22.0 Å². The SMILES string of the molecule is CC(=O)OCC1(C(=O)O)CS[C@@H]2C(NC(=O)C(=C(Cl)Cl)c3cccs3)C(=O)N2C1. The molecule has 1 aromatic rings. The number of nitrogens with one attached hydrogen (secondary N) is 1. The molecule has 0 aromatic carbocycles. The largest absolute Gasteiger partial charge is 0.481 e. The van der Waals surface area contributed by atoms with Gasteiger partial charge in [0.2, 0.25) is 5.91 Å². The number of ether oxygens (including phenoxy) is 1. The summed E-state index contributed by atoms with van der Waals surface area (Å²) in [5, 5.41) is 13.6. The van der Waals surface area contributed by atoms with E-state index in [0.717, 1.165) is 0 Å². The van der Waals surface area contributed by atoms with Crippen LogP contribution in [0.4, 0.5) is 0 Å². The van der Waals surface area contributed by atoms with Crippen molar-refractivity contribution in [1.82, 2.24) is 10.2 Å². The number of halogens is 2. The number of thioether (sulfide) groups is 1. The highest BCUT2D eigenvalue weighted by Gasteiger charge is 2.58. The zero-order valence-electron chi connectivity index (χ0n) is 15.0. The molecule has 2 amide bonds. The predicted molar refractivity (Wildman–Crippen MR) is 110 cm³/mol. The van der Waals surface area contributed by atoms with Gasteiger partial charge in [-0.25, -0.2) is 0 Å². The second-order valence-electron chi connectivity index (χ2n) is 6.60. The molecule has 3 atom stereocenters. The van der Waals surface area contributed by atoms with E-state index in [0.29, 0.717) is 4.88 Å². The molecule has 0 aliphatic carbocycles. The number of amides is 2. The van der Waals surface area contributed by atoms with Crippen molar-refractivity contribution < 1.29 is 29.0 Å². The standard InChI is InChI=1S/C17H16Cl2N2O6S2/c1-8(22)27-6-17(16(25)26)5-21-14(24)11(15(21)29-7-17)20-13(23)10(12(18)19)9-3-2-4-28-9/h2-4,11,15H,5-7H2,1H3,(H,20,23)(H,25,26)/t11?,15-,17?/m1/s1. The monoisotopic (exact) mass is 478 g/mol. The number of esters is 1. The smallest absolute Gasteiger partial charge is 0.315 e. The summed E-state index contributed by atoms with van der Waals surface area (Å²) in [6, 6.07) is 2.60. The summed E-state index contributed by atoms with van der Waals surface area (Å²) in [6.45, 7) is 0.753. The quantitative estimate of drug-likeness (QED) is 0.364. The second-order valence-corrected chi connectivity index (χ2v) is 9.60. The van der Waals surface area contributed by atoms with Crippen molar-refractivity contribution in [3.8, 4) is 0 Å². The molecule has 3 heterocycles. The lowest BCUT2D eigenvalue weighted by Crippen LogP contribution is -2.74. The van der Waals surface area contributed by atoms with E-state index in [4.69, 9.17) is 27.9 Å². The molecule has 0 bridgehead atoms. The number of hydrogen-bond donors (Lipinski definition) is 2. The maximum Gasteiger partial charge on any atom is 0.315 e. The predicted octanol–water partition coefficient (Wildman–Crippen LogP) is 1.93. The molecule has 0 spiro atoms. The van der Waals surface area contributed by atoms with Gasteiger partial charge in [-0.05, 0) is 11.4 Å². The molecule has 0 saturated carbocycles. The van der Waals surface area contributed by atoms with Gasteiger partial charge in [-0.15, -0.1) is 23.1 Å². The maximum atomic E-state index is 12.7. The van der Waals surface area contributed by atoms with Crippen LogP contribution in [0.5, 0.6) is 0 Å². The van der Waals surface area contributed by atoms with Gasteiger partial charge in [0.15, 0.2) is 0 Å². The second kappa shape index (κ2) is 8.55. The number of nitrogens with zero attached hydrogens (tertiary/aromatic N) is 1. The Hall–Kier alpha value is -1.75. The third kappa shape index (κ3) is 4.25. The maximum absolute atomic E-state index is 12.7. The summed E-state index contributed by atoms with van der Waals surface area (Å²) in [4.78, 5) is 50.0. The van der Waals surface area contributed by atoms with E-state index in [1.54, 1.807) is 17.5 Å². The van der Waals surface area contributed by atoms with Gasteiger partial charge in [-0.1, -0.05) is 29.3 Å².